The standard InChI is InChI=1S/C13H11N3/c1-15-13-4-2-3-11(6-13)12-5-10(7-14)8-16-9-12/h2-6,8-9,15H,1H3. The molecule has 1 heterocycles. The molecule has 2 rings (SSSR count). The largest absolute Gasteiger partial charge is 0.388 e. The molecule has 0 aliphatic heterocycles. The summed E-state index contributed by atoms with van der Waals surface area (Å²) in [4.78, 5) is 4.04. The lowest BCUT2D eigenvalue weighted by molar-refractivity contribution is 1.30. The third-order valence-corrected chi connectivity index (χ3v) is 2.35. The van der Waals surface area contributed by atoms with Gasteiger partial charge in [0.2, 0.25) is 0 Å². The first kappa shape index (κ1) is 10.2. The van der Waals surface area contributed by atoms with Crippen LogP contribution in [0.5, 0.6) is 0 Å². The van der Waals surface area contributed by atoms with Gasteiger partial charge in [-0.15, -0.1) is 0 Å². The van der Waals surface area contributed by atoms with Crippen LogP contribution in [0.3, 0.4) is 0 Å². The molecule has 16 heavy (non-hydrogen) atoms. The minimum Gasteiger partial charge on any atom is -0.388 e. The number of hydrogen-bond donors (Lipinski definition) is 1. The van der Waals surface area contributed by atoms with E-state index in [9.17, 15) is 0 Å². The Morgan fingerprint density at radius 2 is 2.06 bits per heavy atom. The summed E-state index contributed by atoms with van der Waals surface area (Å²) in [5.41, 5.74) is 3.62. The average molecular weight is 209 g/mol. The predicted octanol–water partition coefficient (Wildman–Crippen LogP) is 2.66. The SMILES string of the molecule is CNc1cccc(-c2cncc(C#N)c2)c1. The number of pyridine rings is 1. The zero-order valence-electron chi connectivity index (χ0n) is 8.94. The van der Waals surface area contributed by atoms with Crippen LogP contribution in [-0.2, 0) is 0 Å². The zero-order chi connectivity index (χ0) is 11.4. The van der Waals surface area contributed by atoms with Gasteiger partial charge < -0.3 is 5.32 Å². The van der Waals surface area contributed by atoms with Crippen LogP contribution in [0.2, 0.25) is 0 Å². The van der Waals surface area contributed by atoms with Gasteiger partial charge in [0.25, 0.3) is 0 Å². The van der Waals surface area contributed by atoms with Gasteiger partial charge in [-0.2, -0.15) is 5.26 Å². The normalized spacial score (nSPS) is 9.50. The maximum atomic E-state index is 8.81. The summed E-state index contributed by atoms with van der Waals surface area (Å²) in [6, 6.07) is 11.9. The summed E-state index contributed by atoms with van der Waals surface area (Å²) in [5, 5.41) is 11.9. The Hall–Kier alpha value is -2.34. The summed E-state index contributed by atoms with van der Waals surface area (Å²) < 4.78 is 0. The van der Waals surface area contributed by atoms with Gasteiger partial charge in [-0.1, -0.05) is 12.1 Å². The number of nitriles is 1. The lowest BCUT2D eigenvalue weighted by atomic mass is 10.1. The molecule has 0 saturated heterocycles. The molecule has 1 N–H and O–H groups in total. The van der Waals surface area contributed by atoms with Gasteiger partial charge >= 0.3 is 0 Å². The molecule has 78 valence electrons. The van der Waals surface area contributed by atoms with Crippen molar-refractivity contribution in [2.24, 2.45) is 0 Å². The Kier molecular flexibility index (Phi) is 2.84. The van der Waals surface area contributed by atoms with E-state index in [1.54, 1.807) is 12.4 Å². The Bertz CT molecular complexity index is 541. The van der Waals surface area contributed by atoms with Crippen molar-refractivity contribution in [3.63, 3.8) is 0 Å². The first-order chi connectivity index (χ1) is 7.83. The maximum absolute atomic E-state index is 8.81. The zero-order valence-corrected chi connectivity index (χ0v) is 8.94. The number of anilines is 1. The fraction of sp³-hybridized carbons (Fsp3) is 0.0769. The Balaban J connectivity index is 2.46. The second-order valence-electron chi connectivity index (χ2n) is 3.40. The van der Waals surface area contributed by atoms with Crippen LogP contribution in [0.1, 0.15) is 5.56 Å². The van der Waals surface area contributed by atoms with Gasteiger partial charge in [-0.3, -0.25) is 4.98 Å². The molecule has 2 aromatic rings. The van der Waals surface area contributed by atoms with E-state index in [-0.39, 0.29) is 0 Å². The fourth-order valence-corrected chi connectivity index (χ4v) is 1.51. The number of hydrogen-bond acceptors (Lipinski definition) is 3. The highest BCUT2D eigenvalue weighted by atomic mass is 14.8. The molecule has 0 bridgehead atoms. The lowest BCUT2D eigenvalue weighted by Gasteiger charge is -2.04. The third-order valence-electron chi connectivity index (χ3n) is 2.35. The van der Waals surface area contributed by atoms with E-state index in [0.29, 0.717) is 5.56 Å². The molecule has 0 unspecified atom stereocenters. The molecule has 3 nitrogen and oxygen atoms in total. The highest BCUT2D eigenvalue weighted by Gasteiger charge is 2.00. The summed E-state index contributed by atoms with van der Waals surface area (Å²) >= 11 is 0. The van der Waals surface area contributed by atoms with Crippen LogP contribution in [0, 0.1) is 11.3 Å². The molecular formula is C13H11N3. The van der Waals surface area contributed by atoms with E-state index in [2.05, 4.69) is 16.4 Å². The van der Waals surface area contributed by atoms with Gasteiger partial charge in [-0.05, 0) is 23.8 Å². The van der Waals surface area contributed by atoms with Crippen molar-refractivity contribution in [1.29, 1.82) is 5.26 Å². The first-order valence-corrected chi connectivity index (χ1v) is 4.97. The highest BCUT2D eigenvalue weighted by molar-refractivity contribution is 5.68. The van der Waals surface area contributed by atoms with E-state index in [4.69, 9.17) is 5.26 Å². The predicted molar refractivity (Wildman–Crippen MR) is 63.9 cm³/mol. The highest BCUT2D eigenvalue weighted by Crippen LogP contribution is 2.22. The van der Waals surface area contributed by atoms with Crippen LogP contribution < -0.4 is 5.32 Å². The van der Waals surface area contributed by atoms with Gasteiger partial charge in [0.05, 0.1) is 5.56 Å². The van der Waals surface area contributed by atoms with Gasteiger partial charge in [0, 0.05) is 30.7 Å². The second kappa shape index (κ2) is 4.45. The van der Waals surface area contributed by atoms with Crippen molar-refractivity contribution in [1.82, 2.24) is 4.98 Å². The number of nitrogens with zero attached hydrogens (tertiary/aromatic N) is 2. The van der Waals surface area contributed by atoms with E-state index in [1.165, 1.54) is 0 Å². The van der Waals surface area contributed by atoms with Crippen molar-refractivity contribution in [2.75, 3.05) is 12.4 Å². The Labute approximate surface area is 94.4 Å². The molecule has 0 fully saturated rings. The van der Waals surface area contributed by atoms with Crippen molar-refractivity contribution in [3.8, 4) is 17.2 Å². The summed E-state index contributed by atoms with van der Waals surface area (Å²) in [6.45, 7) is 0. The molecule has 0 aliphatic rings. The maximum Gasteiger partial charge on any atom is 0.101 e. The molecular weight excluding hydrogens is 198 g/mol. The van der Waals surface area contributed by atoms with Crippen LogP contribution in [-0.4, -0.2) is 12.0 Å². The van der Waals surface area contributed by atoms with Crippen LogP contribution >= 0.6 is 0 Å². The molecule has 0 saturated carbocycles. The quantitative estimate of drug-likeness (QED) is 0.827. The van der Waals surface area contributed by atoms with Crippen molar-refractivity contribution in [2.45, 2.75) is 0 Å². The summed E-state index contributed by atoms with van der Waals surface area (Å²) in [6.07, 6.45) is 3.32. The van der Waals surface area contributed by atoms with E-state index >= 15 is 0 Å². The molecule has 0 atom stereocenters. The molecule has 1 aromatic carbocycles. The number of rotatable bonds is 2. The van der Waals surface area contributed by atoms with Gasteiger partial charge in [0.1, 0.15) is 6.07 Å². The molecule has 0 radical (unpaired) electrons. The topological polar surface area (TPSA) is 48.7 Å². The van der Waals surface area contributed by atoms with Crippen molar-refractivity contribution < 1.29 is 0 Å². The van der Waals surface area contributed by atoms with E-state index in [1.807, 2.05) is 37.4 Å². The van der Waals surface area contributed by atoms with Crippen molar-refractivity contribution in [3.05, 3.63) is 48.3 Å². The van der Waals surface area contributed by atoms with Crippen LogP contribution in [0.25, 0.3) is 11.1 Å². The molecule has 1 aromatic heterocycles. The average Bonchev–Trinajstić information content (AvgIpc) is 2.39. The summed E-state index contributed by atoms with van der Waals surface area (Å²) in [5.74, 6) is 0. The molecule has 0 spiro atoms. The molecule has 0 aliphatic carbocycles. The van der Waals surface area contributed by atoms with Crippen LogP contribution in [0.4, 0.5) is 5.69 Å². The minimum atomic E-state index is 0.576. The minimum absolute atomic E-state index is 0.576. The fourth-order valence-electron chi connectivity index (χ4n) is 1.51. The number of aromatic nitrogens is 1. The Morgan fingerprint density at radius 1 is 1.19 bits per heavy atom. The smallest absolute Gasteiger partial charge is 0.101 e. The third kappa shape index (κ3) is 2.01. The van der Waals surface area contributed by atoms with Crippen LogP contribution in [0.15, 0.2) is 42.7 Å². The van der Waals surface area contributed by atoms with Gasteiger partial charge in [-0.25, -0.2) is 0 Å². The number of benzene rings is 1. The van der Waals surface area contributed by atoms with E-state index < -0.39 is 0 Å². The molecule has 3 heteroatoms. The lowest BCUT2D eigenvalue weighted by Crippen LogP contribution is -1.88. The Morgan fingerprint density at radius 3 is 2.81 bits per heavy atom. The second-order valence-corrected chi connectivity index (χ2v) is 3.40. The summed E-state index contributed by atoms with van der Waals surface area (Å²) in [7, 11) is 1.88. The first-order valence-electron chi connectivity index (χ1n) is 4.97. The van der Waals surface area contributed by atoms with E-state index in [0.717, 1.165) is 16.8 Å². The molecule has 0 amide bonds. The monoisotopic (exact) mass is 209 g/mol. The van der Waals surface area contributed by atoms with Gasteiger partial charge in [0.15, 0.2) is 0 Å². The number of nitrogens with one attached hydrogen (secondary N) is 1. The van der Waals surface area contributed by atoms with Crippen molar-refractivity contribution >= 4 is 5.69 Å².